The maximum absolute atomic E-state index is 11.8. The third-order valence-electron chi connectivity index (χ3n) is 6.50. The highest BCUT2D eigenvalue weighted by Crippen LogP contribution is 2.41. The second-order valence-electron chi connectivity index (χ2n) is 8.60. The lowest BCUT2D eigenvalue weighted by Crippen LogP contribution is -2.34. The number of aliphatic hydroxyl groups is 1. The van der Waals surface area contributed by atoms with Crippen molar-refractivity contribution >= 4 is 5.97 Å². The first kappa shape index (κ1) is 22.3. The molecule has 0 aromatic heterocycles. The highest BCUT2D eigenvalue weighted by atomic mass is 16.6. The summed E-state index contributed by atoms with van der Waals surface area (Å²) >= 11 is 0. The number of carbonyl (C=O) groups is 1. The van der Waals surface area contributed by atoms with E-state index in [-0.39, 0.29) is 17.9 Å². The molecule has 1 heterocycles. The first-order chi connectivity index (χ1) is 15.5. The van der Waals surface area contributed by atoms with Gasteiger partial charge in [0.05, 0.1) is 0 Å². The van der Waals surface area contributed by atoms with Crippen molar-refractivity contribution in [1.82, 2.24) is 0 Å². The largest absolute Gasteiger partial charge is 0.460 e. The summed E-state index contributed by atoms with van der Waals surface area (Å²) in [5.74, 6) is -0.687. The van der Waals surface area contributed by atoms with Crippen LogP contribution in [-0.4, -0.2) is 29.9 Å². The Hall–Kier alpha value is -2.95. The lowest BCUT2D eigenvalue weighted by Gasteiger charge is -2.36. The topological polar surface area (TPSA) is 55.8 Å². The second-order valence-corrected chi connectivity index (χ2v) is 8.60. The molecule has 1 fully saturated rings. The zero-order valence-corrected chi connectivity index (χ0v) is 18.6. The number of benzene rings is 3. The van der Waals surface area contributed by atoms with Gasteiger partial charge in [0, 0.05) is 12.5 Å². The molecule has 0 radical (unpaired) electrons. The van der Waals surface area contributed by atoms with Crippen molar-refractivity contribution in [3.8, 4) is 0 Å². The molecule has 166 valence electrons. The van der Waals surface area contributed by atoms with Crippen LogP contribution in [-0.2, 0) is 19.9 Å². The van der Waals surface area contributed by atoms with E-state index < -0.39 is 17.7 Å². The summed E-state index contributed by atoms with van der Waals surface area (Å²) in [4.78, 5) is 11.8. The molecule has 1 N–H and O–H groups in total. The van der Waals surface area contributed by atoms with E-state index in [1.807, 2.05) is 68.4 Å². The monoisotopic (exact) mass is 430 g/mol. The minimum atomic E-state index is -1.04. The normalized spacial score (nSPS) is 21.8. The van der Waals surface area contributed by atoms with Gasteiger partial charge in [-0.3, -0.25) is 0 Å². The standard InChI is InChI=1S/C28H30O4/c1-20(26-21(2)25(29)27(30)32-26)18-19-31-28(22-12-6-3-7-13-22,23-14-8-4-9-15-23)24-16-10-5-11-17-24/h3-17,20-21,25-26,29H,18-19H2,1-2H3/t20-,21-,25-,26+/m0/s1. The van der Waals surface area contributed by atoms with Crippen LogP contribution in [0, 0.1) is 11.8 Å². The minimum Gasteiger partial charge on any atom is -0.460 e. The molecule has 0 bridgehead atoms. The predicted molar refractivity (Wildman–Crippen MR) is 124 cm³/mol. The molecule has 4 atom stereocenters. The summed E-state index contributed by atoms with van der Waals surface area (Å²) in [6.07, 6.45) is -0.649. The molecule has 4 heteroatoms. The molecule has 32 heavy (non-hydrogen) atoms. The van der Waals surface area contributed by atoms with Crippen molar-refractivity contribution in [3.05, 3.63) is 108 Å². The van der Waals surface area contributed by atoms with Crippen LogP contribution in [0.2, 0.25) is 0 Å². The molecule has 4 rings (SSSR count). The third kappa shape index (κ3) is 4.21. The molecule has 0 saturated carbocycles. The quantitative estimate of drug-likeness (QED) is 0.406. The Balaban J connectivity index is 1.65. The van der Waals surface area contributed by atoms with Crippen LogP contribution in [0.25, 0.3) is 0 Å². The highest BCUT2D eigenvalue weighted by molar-refractivity contribution is 5.77. The Morgan fingerprint density at radius 3 is 1.69 bits per heavy atom. The number of cyclic esters (lactones) is 1. The Morgan fingerprint density at radius 1 is 0.875 bits per heavy atom. The van der Waals surface area contributed by atoms with Gasteiger partial charge in [0.15, 0.2) is 6.10 Å². The Morgan fingerprint density at radius 2 is 1.31 bits per heavy atom. The molecule has 1 aliphatic rings. The van der Waals surface area contributed by atoms with Gasteiger partial charge in [-0.15, -0.1) is 0 Å². The Bertz CT molecular complexity index is 907. The second kappa shape index (κ2) is 9.68. The van der Waals surface area contributed by atoms with Gasteiger partial charge in [-0.05, 0) is 29.0 Å². The molecule has 1 saturated heterocycles. The molecule has 0 spiro atoms. The van der Waals surface area contributed by atoms with E-state index in [0.29, 0.717) is 13.0 Å². The molecule has 1 aliphatic heterocycles. The molecular formula is C28H30O4. The van der Waals surface area contributed by atoms with E-state index in [9.17, 15) is 9.90 Å². The summed E-state index contributed by atoms with van der Waals surface area (Å²) in [5.41, 5.74) is 2.41. The van der Waals surface area contributed by atoms with Crippen LogP contribution in [0.15, 0.2) is 91.0 Å². The summed E-state index contributed by atoms with van der Waals surface area (Å²) in [6, 6.07) is 30.8. The van der Waals surface area contributed by atoms with Gasteiger partial charge in [-0.1, -0.05) is 105 Å². The Kier molecular flexibility index (Phi) is 6.73. The van der Waals surface area contributed by atoms with Gasteiger partial charge in [0.2, 0.25) is 0 Å². The fourth-order valence-corrected chi connectivity index (χ4v) is 4.67. The maximum atomic E-state index is 11.8. The van der Waals surface area contributed by atoms with Crippen LogP contribution in [0.1, 0.15) is 37.0 Å². The van der Waals surface area contributed by atoms with Gasteiger partial charge in [-0.2, -0.15) is 0 Å². The van der Waals surface area contributed by atoms with Crippen LogP contribution in [0.5, 0.6) is 0 Å². The van der Waals surface area contributed by atoms with Crippen molar-refractivity contribution < 1.29 is 19.4 Å². The number of carbonyl (C=O) groups excluding carboxylic acids is 1. The minimum absolute atomic E-state index is 0.0612. The lowest BCUT2D eigenvalue weighted by atomic mass is 9.80. The van der Waals surface area contributed by atoms with Gasteiger partial charge in [-0.25, -0.2) is 4.79 Å². The average molecular weight is 431 g/mol. The average Bonchev–Trinajstić information content (AvgIpc) is 3.11. The zero-order chi connectivity index (χ0) is 22.6. The molecule has 4 nitrogen and oxygen atoms in total. The number of hydrogen-bond donors (Lipinski definition) is 1. The first-order valence-electron chi connectivity index (χ1n) is 11.2. The zero-order valence-electron chi connectivity index (χ0n) is 18.6. The SMILES string of the molecule is C[C@@H]1[C@@H]([C@@H](C)CCOC(c2ccccc2)(c2ccccc2)c2ccccc2)OC(=O)[C@H]1O. The van der Waals surface area contributed by atoms with Crippen molar-refractivity contribution in [2.75, 3.05) is 6.61 Å². The van der Waals surface area contributed by atoms with Crippen LogP contribution >= 0.6 is 0 Å². The Labute approximate surface area is 189 Å². The van der Waals surface area contributed by atoms with Gasteiger partial charge < -0.3 is 14.6 Å². The van der Waals surface area contributed by atoms with E-state index in [2.05, 4.69) is 36.4 Å². The van der Waals surface area contributed by atoms with Crippen LogP contribution in [0.3, 0.4) is 0 Å². The van der Waals surface area contributed by atoms with E-state index in [1.54, 1.807) is 0 Å². The van der Waals surface area contributed by atoms with E-state index in [0.717, 1.165) is 16.7 Å². The summed E-state index contributed by atoms with van der Waals surface area (Å²) < 4.78 is 12.2. The summed E-state index contributed by atoms with van der Waals surface area (Å²) in [5, 5.41) is 9.98. The van der Waals surface area contributed by atoms with Gasteiger partial charge >= 0.3 is 5.97 Å². The highest BCUT2D eigenvalue weighted by Gasteiger charge is 2.43. The number of ether oxygens (including phenoxy) is 2. The molecule has 0 unspecified atom stereocenters. The van der Waals surface area contributed by atoms with Crippen LogP contribution < -0.4 is 0 Å². The van der Waals surface area contributed by atoms with E-state index in [1.165, 1.54) is 0 Å². The number of esters is 1. The van der Waals surface area contributed by atoms with E-state index >= 15 is 0 Å². The number of hydrogen-bond acceptors (Lipinski definition) is 4. The van der Waals surface area contributed by atoms with Crippen molar-refractivity contribution in [1.29, 1.82) is 0 Å². The maximum Gasteiger partial charge on any atom is 0.335 e. The molecule has 0 aliphatic carbocycles. The van der Waals surface area contributed by atoms with Gasteiger partial charge in [0.25, 0.3) is 0 Å². The molecular weight excluding hydrogens is 400 g/mol. The number of rotatable bonds is 8. The van der Waals surface area contributed by atoms with E-state index in [4.69, 9.17) is 9.47 Å². The first-order valence-corrected chi connectivity index (χ1v) is 11.2. The van der Waals surface area contributed by atoms with Crippen LogP contribution in [0.4, 0.5) is 0 Å². The van der Waals surface area contributed by atoms with Crippen molar-refractivity contribution in [2.24, 2.45) is 11.8 Å². The summed E-state index contributed by atoms with van der Waals surface area (Å²) in [6.45, 7) is 4.38. The van der Waals surface area contributed by atoms with Crippen molar-refractivity contribution in [2.45, 2.75) is 38.1 Å². The predicted octanol–water partition coefficient (Wildman–Crippen LogP) is 4.94. The molecule has 3 aromatic carbocycles. The summed E-state index contributed by atoms with van der Waals surface area (Å²) in [7, 11) is 0. The lowest BCUT2D eigenvalue weighted by molar-refractivity contribution is -0.148. The van der Waals surface area contributed by atoms with Gasteiger partial charge in [0.1, 0.15) is 11.7 Å². The molecule has 0 amide bonds. The van der Waals surface area contributed by atoms with Crippen molar-refractivity contribution in [3.63, 3.8) is 0 Å². The third-order valence-corrected chi connectivity index (χ3v) is 6.50. The smallest absolute Gasteiger partial charge is 0.335 e. The molecule has 3 aromatic rings. The number of aliphatic hydroxyl groups excluding tert-OH is 1. The fraction of sp³-hybridized carbons (Fsp3) is 0.321. The fourth-order valence-electron chi connectivity index (χ4n) is 4.67.